The Hall–Kier alpha value is -1.88. The van der Waals surface area contributed by atoms with Crippen molar-refractivity contribution in [2.75, 3.05) is 25.5 Å². The molecule has 0 aromatic heterocycles. The van der Waals surface area contributed by atoms with E-state index in [1.807, 2.05) is 6.92 Å². The van der Waals surface area contributed by atoms with Crippen molar-refractivity contribution in [3.63, 3.8) is 0 Å². The lowest BCUT2D eigenvalue weighted by atomic mass is 10.1. The molecule has 1 aromatic rings. The fourth-order valence-corrected chi connectivity index (χ4v) is 1.32. The summed E-state index contributed by atoms with van der Waals surface area (Å²) in [5, 5.41) is 2.64. The van der Waals surface area contributed by atoms with Gasteiger partial charge in [0, 0.05) is 12.2 Å². The SMILES string of the molecule is C=C(C)COCCNC(=O)c1ccc(F)cc1N. The number of halogens is 1. The summed E-state index contributed by atoms with van der Waals surface area (Å²) >= 11 is 0. The summed E-state index contributed by atoms with van der Waals surface area (Å²) in [6.07, 6.45) is 0. The van der Waals surface area contributed by atoms with Crippen LogP contribution >= 0.6 is 0 Å². The van der Waals surface area contributed by atoms with Gasteiger partial charge in [-0.05, 0) is 25.1 Å². The zero-order valence-corrected chi connectivity index (χ0v) is 10.3. The number of ether oxygens (including phenoxy) is 1. The highest BCUT2D eigenvalue weighted by atomic mass is 19.1. The van der Waals surface area contributed by atoms with Gasteiger partial charge in [-0.15, -0.1) is 0 Å². The molecule has 0 bridgehead atoms. The highest BCUT2D eigenvalue weighted by Gasteiger charge is 2.09. The lowest BCUT2D eigenvalue weighted by Crippen LogP contribution is -2.28. The largest absolute Gasteiger partial charge is 0.398 e. The molecule has 1 rings (SSSR count). The topological polar surface area (TPSA) is 64.3 Å². The number of nitrogen functional groups attached to an aromatic ring is 1. The van der Waals surface area contributed by atoms with Crippen LogP contribution in [0.1, 0.15) is 17.3 Å². The second-order valence-corrected chi connectivity index (χ2v) is 4.00. The number of benzene rings is 1. The number of nitrogens with two attached hydrogens (primary N) is 1. The lowest BCUT2D eigenvalue weighted by molar-refractivity contribution is 0.0927. The van der Waals surface area contributed by atoms with E-state index in [0.717, 1.165) is 11.6 Å². The number of hydrogen-bond acceptors (Lipinski definition) is 3. The summed E-state index contributed by atoms with van der Waals surface area (Å²) < 4.78 is 18.0. The molecule has 0 heterocycles. The standard InChI is InChI=1S/C13H17FN2O2/c1-9(2)8-18-6-5-16-13(17)11-4-3-10(14)7-12(11)15/h3-4,7H,1,5-6,8,15H2,2H3,(H,16,17). The molecule has 18 heavy (non-hydrogen) atoms. The molecule has 0 unspecified atom stereocenters. The molecular weight excluding hydrogens is 235 g/mol. The fraction of sp³-hybridized carbons (Fsp3) is 0.308. The van der Waals surface area contributed by atoms with E-state index >= 15 is 0 Å². The molecule has 0 spiro atoms. The molecule has 0 fully saturated rings. The van der Waals surface area contributed by atoms with Crippen LogP contribution in [0.5, 0.6) is 0 Å². The third kappa shape index (κ3) is 4.55. The maximum absolute atomic E-state index is 12.8. The van der Waals surface area contributed by atoms with Gasteiger partial charge in [-0.1, -0.05) is 12.2 Å². The van der Waals surface area contributed by atoms with Gasteiger partial charge >= 0.3 is 0 Å². The molecule has 5 heteroatoms. The molecule has 0 saturated heterocycles. The fourth-order valence-electron chi connectivity index (χ4n) is 1.32. The minimum Gasteiger partial charge on any atom is -0.398 e. The van der Waals surface area contributed by atoms with Crippen LogP contribution in [0.4, 0.5) is 10.1 Å². The number of amides is 1. The number of nitrogens with one attached hydrogen (secondary N) is 1. The first-order valence-electron chi connectivity index (χ1n) is 5.56. The smallest absolute Gasteiger partial charge is 0.253 e. The summed E-state index contributed by atoms with van der Waals surface area (Å²) in [4.78, 5) is 11.7. The minimum atomic E-state index is -0.464. The Balaban J connectivity index is 2.39. The van der Waals surface area contributed by atoms with E-state index in [4.69, 9.17) is 10.5 Å². The van der Waals surface area contributed by atoms with Crippen LogP contribution in [0.3, 0.4) is 0 Å². The van der Waals surface area contributed by atoms with Crippen LogP contribution in [0.15, 0.2) is 30.4 Å². The van der Waals surface area contributed by atoms with Gasteiger partial charge in [0.2, 0.25) is 0 Å². The van der Waals surface area contributed by atoms with Crippen molar-refractivity contribution in [3.8, 4) is 0 Å². The van der Waals surface area contributed by atoms with Gasteiger partial charge in [0.05, 0.1) is 18.8 Å². The Morgan fingerprint density at radius 2 is 2.28 bits per heavy atom. The zero-order valence-electron chi connectivity index (χ0n) is 10.3. The van der Waals surface area contributed by atoms with Crippen LogP contribution in [-0.2, 0) is 4.74 Å². The zero-order chi connectivity index (χ0) is 13.5. The third-order valence-corrected chi connectivity index (χ3v) is 2.14. The molecule has 4 nitrogen and oxygen atoms in total. The molecule has 0 saturated carbocycles. The Bertz CT molecular complexity index is 447. The van der Waals surface area contributed by atoms with Gasteiger partial charge in [0.15, 0.2) is 0 Å². The van der Waals surface area contributed by atoms with Gasteiger partial charge in [0.1, 0.15) is 5.82 Å². The second-order valence-electron chi connectivity index (χ2n) is 4.00. The van der Waals surface area contributed by atoms with Crippen molar-refractivity contribution in [1.82, 2.24) is 5.32 Å². The number of hydrogen-bond donors (Lipinski definition) is 2. The first kappa shape index (κ1) is 14.2. The normalized spacial score (nSPS) is 10.1. The first-order chi connectivity index (χ1) is 8.50. The Kier molecular flexibility index (Phi) is 5.32. The van der Waals surface area contributed by atoms with E-state index in [0.29, 0.717) is 19.8 Å². The lowest BCUT2D eigenvalue weighted by Gasteiger charge is -2.08. The predicted octanol–water partition coefficient (Wildman–Crippen LogP) is 1.73. The van der Waals surface area contributed by atoms with E-state index in [9.17, 15) is 9.18 Å². The summed E-state index contributed by atoms with van der Waals surface area (Å²) in [5.74, 6) is -0.805. The maximum Gasteiger partial charge on any atom is 0.253 e. The number of carbonyl (C=O) groups is 1. The maximum atomic E-state index is 12.8. The van der Waals surface area contributed by atoms with Gasteiger partial charge in [0.25, 0.3) is 5.91 Å². The average molecular weight is 252 g/mol. The first-order valence-corrected chi connectivity index (χ1v) is 5.56. The molecule has 1 amide bonds. The van der Waals surface area contributed by atoms with Gasteiger partial charge in [-0.2, -0.15) is 0 Å². The van der Waals surface area contributed by atoms with Gasteiger partial charge in [-0.25, -0.2) is 4.39 Å². The molecule has 0 radical (unpaired) electrons. The van der Waals surface area contributed by atoms with Gasteiger partial charge < -0.3 is 15.8 Å². The molecule has 1 aromatic carbocycles. The molecular formula is C13H17FN2O2. The molecule has 0 aliphatic rings. The Labute approximate surface area is 106 Å². The monoisotopic (exact) mass is 252 g/mol. The highest BCUT2D eigenvalue weighted by molar-refractivity contribution is 5.99. The second kappa shape index (κ2) is 6.76. The average Bonchev–Trinajstić information content (AvgIpc) is 2.27. The van der Waals surface area contributed by atoms with Crippen molar-refractivity contribution >= 4 is 11.6 Å². The molecule has 98 valence electrons. The minimum absolute atomic E-state index is 0.121. The van der Waals surface area contributed by atoms with E-state index < -0.39 is 5.82 Å². The van der Waals surface area contributed by atoms with E-state index in [2.05, 4.69) is 11.9 Å². The van der Waals surface area contributed by atoms with Crippen molar-refractivity contribution < 1.29 is 13.9 Å². The molecule has 3 N–H and O–H groups in total. The van der Waals surface area contributed by atoms with E-state index in [1.54, 1.807) is 0 Å². The summed E-state index contributed by atoms with van der Waals surface area (Å²) in [6, 6.07) is 3.67. The van der Waals surface area contributed by atoms with Crippen LogP contribution in [0.25, 0.3) is 0 Å². The van der Waals surface area contributed by atoms with Crippen LogP contribution in [-0.4, -0.2) is 25.7 Å². The quantitative estimate of drug-likeness (QED) is 0.460. The molecule has 0 aliphatic carbocycles. The summed E-state index contributed by atoms with van der Waals surface area (Å²) in [6.45, 7) is 6.77. The number of carbonyl (C=O) groups excluding carboxylic acids is 1. The van der Waals surface area contributed by atoms with E-state index in [1.165, 1.54) is 12.1 Å². The molecule has 0 aliphatic heterocycles. The summed E-state index contributed by atoms with van der Waals surface area (Å²) in [7, 11) is 0. The Morgan fingerprint density at radius 1 is 1.56 bits per heavy atom. The van der Waals surface area contributed by atoms with Gasteiger partial charge in [-0.3, -0.25) is 4.79 Å². The predicted molar refractivity (Wildman–Crippen MR) is 68.8 cm³/mol. The highest BCUT2D eigenvalue weighted by Crippen LogP contribution is 2.12. The number of rotatable bonds is 6. The summed E-state index contributed by atoms with van der Waals surface area (Å²) in [5.41, 5.74) is 6.85. The third-order valence-electron chi connectivity index (χ3n) is 2.14. The van der Waals surface area contributed by atoms with Crippen LogP contribution < -0.4 is 11.1 Å². The van der Waals surface area contributed by atoms with Crippen molar-refractivity contribution in [2.24, 2.45) is 0 Å². The number of anilines is 1. The molecule has 0 atom stereocenters. The van der Waals surface area contributed by atoms with Crippen molar-refractivity contribution in [2.45, 2.75) is 6.92 Å². The van der Waals surface area contributed by atoms with Crippen molar-refractivity contribution in [3.05, 3.63) is 41.7 Å². The Morgan fingerprint density at radius 3 is 2.89 bits per heavy atom. The van der Waals surface area contributed by atoms with Crippen molar-refractivity contribution in [1.29, 1.82) is 0 Å². The van der Waals surface area contributed by atoms with E-state index in [-0.39, 0.29) is 17.2 Å². The van der Waals surface area contributed by atoms with Crippen LogP contribution in [0.2, 0.25) is 0 Å². The van der Waals surface area contributed by atoms with Crippen LogP contribution in [0, 0.1) is 5.82 Å².